The molecule has 178 valence electrons. The number of benzene rings is 1. The van der Waals surface area contributed by atoms with Gasteiger partial charge in [-0.25, -0.2) is 9.97 Å². The highest BCUT2D eigenvalue weighted by atomic mass is 32.1. The number of H-pyrrole nitrogens is 1. The molecule has 0 radical (unpaired) electrons. The van der Waals surface area contributed by atoms with Crippen LogP contribution < -0.4 is 10.9 Å². The summed E-state index contributed by atoms with van der Waals surface area (Å²) in [6.45, 7) is 5.48. The second-order valence-corrected chi connectivity index (χ2v) is 9.08. The summed E-state index contributed by atoms with van der Waals surface area (Å²) in [5.74, 6) is 0.207. The molecule has 9 nitrogen and oxygen atoms in total. The largest absolute Gasteiger partial charge is 0.382 e. The zero-order valence-electron chi connectivity index (χ0n) is 19.4. The van der Waals surface area contributed by atoms with Gasteiger partial charge in [-0.2, -0.15) is 0 Å². The minimum Gasteiger partial charge on any atom is -0.382 e. The average molecular weight is 489 g/mol. The van der Waals surface area contributed by atoms with Gasteiger partial charge in [-0.05, 0) is 62.2 Å². The number of carbonyl (C=O) groups excluding carboxylic acids is 1. The maximum absolute atomic E-state index is 13.1. The monoisotopic (exact) mass is 488 g/mol. The van der Waals surface area contributed by atoms with Gasteiger partial charge in [-0.3, -0.25) is 19.9 Å². The summed E-state index contributed by atoms with van der Waals surface area (Å²) in [6.07, 6.45) is 4.21. The highest BCUT2D eigenvalue weighted by molar-refractivity contribution is 7.17. The van der Waals surface area contributed by atoms with Crippen LogP contribution in [0.5, 0.6) is 0 Å². The summed E-state index contributed by atoms with van der Waals surface area (Å²) in [6, 6.07) is 11.2. The standard InChI is InChI=1S/C25H24N6O3S/c1-3-34-12-4-11-31-20-14-18-17(28-23(32)15(2)27-18)13-19(20)29-25(31)30-24(33)22-6-5-21(35-22)16-7-9-26-10-8-16/h5-10,13-14H,3-4,11-12H2,1-2H3,(H,28,32)(H,29,30,33). The first-order valence-electron chi connectivity index (χ1n) is 11.3. The lowest BCUT2D eigenvalue weighted by atomic mass is 10.2. The van der Waals surface area contributed by atoms with E-state index in [1.807, 2.05) is 41.8 Å². The first kappa shape index (κ1) is 22.9. The Labute approximate surface area is 204 Å². The SMILES string of the molecule is CCOCCCn1c(NC(=O)c2ccc(-c3ccncc3)s2)nc2cc3[nH]c(=O)c(C)nc3cc21. The number of amides is 1. The summed E-state index contributed by atoms with van der Waals surface area (Å²) in [5.41, 5.74) is 3.93. The third kappa shape index (κ3) is 4.71. The minimum atomic E-state index is -0.233. The van der Waals surface area contributed by atoms with Crippen LogP contribution in [0.25, 0.3) is 32.5 Å². The molecule has 0 aliphatic heterocycles. The number of thiophene rings is 1. The molecule has 1 aromatic carbocycles. The number of aryl methyl sites for hydroxylation is 2. The summed E-state index contributed by atoms with van der Waals surface area (Å²) >= 11 is 1.41. The van der Waals surface area contributed by atoms with Crippen molar-refractivity contribution in [2.45, 2.75) is 26.8 Å². The molecule has 35 heavy (non-hydrogen) atoms. The average Bonchev–Trinajstić information content (AvgIpc) is 3.47. The number of pyridine rings is 1. The van der Waals surface area contributed by atoms with Crippen molar-refractivity contribution in [3.05, 3.63) is 69.7 Å². The Bertz CT molecular complexity index is 1570. The number of anilines is 1. The van der Waals surface area contributed by atoms with Gasteiger partial charge in [-0.15, -0.1) is 11.3 Å². The van der Waals surface area contributed by atoms with E-state index in [4.69, 9.17) is 4.74 Å². The molecule has 1 amide bonds. The van der Waals surface area contributed by atoms with Crippen molar-refractivity contribution in [2.24, 2.45) is 0 Å². The summed E-state index contributed by atoms with van der Waals surface area (Å²) in [5, 5.41) is 2.98. The van der Waals surface area contributed by atoms with Gasteiger partial charge < -0.3 is 14.3 Å². The molecule has 0 aliphatic carbocycles. The number of aromatic nitrogens is 5. The summed E-state index contributed by atoms with van der Waals surface area (Å²) in [7, 11) is 0. The molecule has 2 N–H and O–H groups in total. The van der Waals surface area contributed by atoms with Crippen LogP contribution in [0.4, 0.5) is 5.95 Å². The topological polar surface area (TPSA) is 115 Å². The van der Waals surface area contributed by atoms with Gasteiger partial charge in [0.1, 0.15) is 5.69 Å². The zero-order chi connectivity index (χ0) is 24.4. The quantitative estimate of drug-likeness (QED) is 0.313. The van der Waals surface area contributed by atoms with E-state index in [1.165, 1.54) is 11.3 Å². The molecule has 0 unspecified atom stereocenters. The van der Waals surface area contributed by atoms with E-state index in [9.17, 15) is 9.59 Å². The normalized spacial score (nSPS) is 11.4. The molecule has 4 aromatic heterocycles. The Kier molecular flexibility index (Phi) is 6.39. The summed E-state index contributed by atoms with van der Waals surface area (Å²) in [4.78, 5) is 42.7. The van der Waals surface area contributed by atoms with Crippen molar-refractivity contribution < 1.29 is 9.53 Å². The van der Waals surface area contributed by atoms with Crippen LogP contribution in [0.2, 0.25) is 0 Å². The number of imidazole rings is 1. The highest BCUT2D eigenvalue weighted by Crippen LogP contribution is 2.29. The summed E-state index contributed by atoms with van der Waals surface area (Å²) < 4.78 is 7.47. The molecule has 0 atom stereocenters. The lowest BCUT2D eigenvalue weighted by molar-refractivity contribution is 0.102. The number of nitrogens with zero attached hydrogens (tertiary/aromatic N) is 4. The second kappa shape index (κ2) is 9.77. The van der Waals surface area contributed by atoms with Gasteiger partial charge in [0.15, 0.2) is 0 Å². The van der Waals surface area contributed by atoms with E-state index in [0.717, 1.165) is 22.4 Å². The Morgan fingerprint density at radius 1 is 1.14 bits per heavy atom. The first-order valence-corrected chi connectivity index (χ1v) is 12.2. The van der Waals surface area contributed by atoms with Crippen LogP contribution in [-0.4, -0.2) is 43.6 Å². The van der Waals surface area contributed by atoms with Crippen LogP contribution in [-0.2, 0) is 11.3 Å². The van der Waals surface area contributed by atoms with Crippen LogP contribution >= 0.6 is 11.3 Å². The number of hydrogen-bond donors (Lipinski definition) is 2. The lowest BCUT2D eigenvalue weighted by Crippen LogP contribution is -2.15. The van der Waals surface area contributed by atoms with E-state index in [2.05, 4.69) is 25.3 Å². The van der Waals surface area contributed by atoms with Crippen molar-refractivity contribution in [2.75, 3.05) is 18.5 Å². The van der Waals surface area contributed by atoms with Crippen LogP contribution in [0.1, 0.15) is 28.7 Å². The molecule has 0 saturated heterocycles. The molecule has 4 heterocycles. The third-order valence-corrected chi connectivity index (χ3v) is 6.76. The number of aromatic amines is 1. The minimum absolute atomic E-state index is 0.232. The van der Waals surface area contributed by atoms with Crippen LogP contribution in [0, 0.1) is 6.92 Å². The fourth-order valence-electron chi connectivity index (χ4n) is 3.88. The van der Waals surface area contributed by atoms with Crippen molar-refractivity contribution in [1.29, 1.82) is 0 Å². The second-order valence-electron chi connectivity index (χ2n) is 8.00. The highest BCUT2D eigenvalue weighted by Gasteiger charge is 2.17. The van der Waals surface area contributed by atoms with Crippen LogP contribution in [0.15, 0.2) is 53.6 Å². The predicted octanol–water partition coefficient (Wildman–Crippen LogP) is 4.38. The van der Waals surface area contributed by atoms with Gasteiger partial charge in [0.2, 0.25) is 5.95 Å². The van der Waals surface area contributed by atoms with Crippen molar-refractivity contribution in [3.63, 3.8) is 0 Å². The number of hydrogen-bond acceptors (Lipinski definition) is 7. The Morgan fingerprint density at radius 3 is 2.77 bits per heavy atom. The van der Waals surface area contributed by atoms with E-state index in [0.29, 0.717) is 52.8 Å². The smallest absolute Gasteiger partial charge is 0.269 e. The maximum atomic E-state index is 13.1. The fraction of sp³-hybridized carbons (Fsp3) is 0.240. The third-order valence-electron chi connectivity index (χ3n) is 5.63. The van der Waals surface area contributed by atoms with Crippen molar-refractivity contribution in [3.8, 4) is 10.4 Å². The molecule has 0 bridgehead atoms. The Hall–Kier alpha value is -3.89. The Morgan fingerprint density at radius 2 is 1.97 bits per heavy atom. The molecule has 10 heteroatoms. The first-order chi connectivity index (χ1) is 17.0. The molecule has 0 saturated carbocycles. The van der Waals surface area contributed by atoms with Crippen molar-refractivity contribution in [1.82, 2.24) is 24.5 Å². The molecule has 0 spiro atoms. The lowest BCUT2D eigenvalue weighted by Gasteiger charge is -2.10. The van der Waals surface area contributed by atoms with Gasteiger partial charge in [0.25, 0.3) is 11.5 Å². The number of carbonyl (C=O) groups is 1. The van der Waals surface area contributed by atoms with E-state index >= 15 is 0 Å². The maximum Gasteiger partial charge on any atom is 0.269 e. The van der Waals surface area contributed by atoms with Gasteiger partial charge in [-0.1, -0.05) is 0 Å². The molecular formula is C25H24N6O3S. The van der Waals surface area contributed by atoms with Gasteiger partial charge in [0, 0.05) is 37.0 Å². The number of rotatable bonds is 8. The molecule has 5 rings (SSSR count). The molecule has 0 aliphatic rings. The predicted molar refractivity (Wildman–Crippen MR) is 137 cm³/mol. The van der Waals surface area contributed by atoms with E-state index in [-0.39, 0.29) is 11.5 Å². The van der Waals surface area contributed by atoms with Crippen molar-refractivity contribution >= 4 is 45.3 Å². The van der Waals surface area contributed by atoms with E-state index in [1.54, 1.807) is 25.4 Å². The fourth-order valence-corrected chi connectivity index (χ4v) is 4.79. The number of fused-ring (bicyclic) bond motifs is 2. The number of nitrogens with one attached hydrogen (secondary N) is 2. The Balaban J connectivity index is 1.50. The zero-order valence-corrected chi connectivity index (χ0v) is 20.2. The van der Waals surface area contributed by atoms with Gasteiger partial charge >= 0.3 is 0 Å². The number of ether oxygens (including phenoxy) is 1. The molecule has 5 aromatic rings. The molecular weight excluding hydrogens is 464 g/mol. The molecule has 0 fully saturated rings. The van der Waals surface area contributed by atoms with E-state index < -0.39 is 0 Å². The van der Waals surface area contributed by atoms with Crippen LogP contribution in [0.3, 0.4) is 0 Å². The van der Waals surface area contributed by atoms with Gasteiger partial charge in [0.05, 0.1) is 26.9 Å².